The number of anilines is 1. The summed E-state index contributed by atoms with van der Waals surface area (Å²) in [4.78, 5) is 27.4. The summed E-state index contributed by atoms with van der Waals surface area (Å²) in [5, 5.41) is 13.9. The number of pyridine rings is 1. The zero-order chi connectivity index (χ0) is 16.9. The van der Waals surface area contributed by atoms with Crippen LogP contribution >= 0.6 is 0 Å². The Morgan fingerprint density at radius 2 is 1.88 bits per heavy atom. The number of carbonyl (C=O) groups excluding carboxylic acids is 1. The molecule has 120 valence electrons. The van der Waals surface area contributed by atoms with E-state index in [0.29, 0.717) is 12.1 Å². The topological polar surface area (TPSA) is 79.3 Å². The molecule has 24 heavy (non-hydrogen) atoms. The molecule has 0 unspecified atom stereocenters. The second-order valence-electron chi connectivity index (χ2n) is 5.46. The summed E-state index contributed by atoms with van der Waals surface area (Å²) < 4.78 is 0. The molecule has 3 aromatic rings. The van der Waals surface area contributed by atoms with Crippen molar-refractivity contribution < 1.29 is 14.7 Å². The number of carboxylic acid groups (broad SMARTS) is 1. The van der Waals surface area contributed by atoms with Crippen LogP contribution in [0.25, 0.3) is 10.8 Å². The number of nitrogens with zero attached hydrogens (tertiary/aromatic N) is 1. The lowest BCUT2D eigenvalue weighted by atomic mass is 10.1. The normalized spacial score (nSPS) is 10.5. The quantitative estimate of drug-likeness (QED) is 0.754. The van der Waals surface area contributed by atoms with Crippen LogP contribution in [0.15, 0.2) is 60.9 Å². The van der Waals surface area contributed by atoms with Crippen LogP contribution in [0.2, 0.25) is 0 Å². The Morgan fingerprint density at radius 3 is 2.71 bits per heavy atom. The number of carboxylic acids is 1. The van der Waals surface area contributed by atoms with Gasteiger partial charge in [-0.2, -0.15) is 0 Å². The summed E-state index contributed by atoms with van der Waals surface area (Å²) in [7, 11) is 0. The second-order valence-corrected chi connectivity index (χ2v) is 5.46. The van der Waals surface area contributed by atoms with Crippen molar-refractivity contribution in [1.82, 2.24) is 4.98 Å². The minimum atomic E-state index is -1.06. The van der Waals surface area contributed by atoms with Crippen LogP contribution in [0.4, 0.5) is 5.69 Å². The van der Waals surface area contributed by atoms with E-state index in [1.54, 1.807) is 30.6 Å². The molecule has 3 rings (SSSR count). The number of aromatic carboxylic acids is 1. The number of aromatic nitrogens is 1. The molecule has 0 fully saturated rings. The minimum absolute atomic E-state index is 0.0858. The largest absolute Gasteiger partial charge is 0.478 e. The summed E-state index contributed by atoms with van der Waals surface area (Å²) in [6.45, 7) is 0. The Balaban J connectivity index is 1.66. The number of hydrogen-bond acceptors (Lipinski definition) is 3. The Kier molecular flexibility index (Phi) is 4.52. The first kappa shape index (κ1) is 15.7. The predicted molar refractivity (Wildman–Crippen MR) is 92.1 cm³/mol. The van der Waals surface area contributed by atoms with E-state index in [-0.39, 0.29) is 17.9 Å². The van der Waals surface area contributed by atoms with Gasteiger partial charge in [0.1, 0.15) is 0 Å². The van der Waals surface area contributed by atoms with Crippen molar-refractivity contribution in [2.45, 2.75) is 12.8 Å². The first-order chi connectivity index (χ1) is 11.6. The lowest BCUT2D eigenvalue weighted by Gasteiger charge is -2.08. The average Bonchev–Trinajstić information content (AvgIpc) is 2.60. The second kappa shape index (κ2) is 6.91. The zero-order valence-electron chi connectivity index (χ0n) is 12.9. The van der Waals surface area contributed by atoms with E-state index in [0.717, 1.165) is 16.3 Å². The lowest BCUT2D eigenvalue weighted by Crippen LogP contribution is -2.15. The smallest absolute Gasteiger partial charge is 0.337 e. The molecule has 0 aliphatic heterocycles. The van der Waals surface area contributed by atoms with Crippen molar-refractivity contribution in [1.29, 1.82) is 0 Å². The van der Waals surface area contributed by atoms with Gasteiger partial charge < -0.3 is 10.4 Å². The van der Waals surface area contributed by atoms with Gasteiger partial charge in [-0.05, 0) is 41.6 Å². The number of carbonyl (C=O) groups is 2. The maximum absolute atomic E-state index is 12.1. The Hall–Kier alpha value is -3.21. The molecule has 0 spiro atoms. The number of aryl methyl sites for hydroxylation is 1. The summed E-state index contributed by atoms with van der Waals surface area (Å²) in [6.07, 6.45) is 4.39. The zero-order valence-corrected chi connectivity index (χ0v) is 12.9. The third kappa shape index (κ3) is 3.57. The maximum atomic E-state index is 12.1. The molecule has 0 saturated heterocycles. The van der Waals surface area contributed by atoms with Gasteiger partial charge >= 0.3 is 5.97 Å². The third-order valence-corrected chi connectivity index (χ3v) is 3.78. The van der Waals surface area contributed by atoms with Crippen LogP contribution in [0.3, 0.4) is 0 Å². The fraction of sp³-hybridized carbons (Fsp3) is 0.105. The van der Waals surface area contributed by atoms with E-state index >= 15 is 0 Å². The molecule has 2 aromatic carbocycles. The minimum Gasteiger partial charge on any atom is -0.478 e. The number of benzene rings is 2. The molecule has 5 heteroatoms. The van der Waals surface area contributed by atoms with Crippen molar-refractivity contribution in [2.75, 3.05) is 5.32 Å². The van der Waals surface area contributed by atoms with Crippen molar-refractivity contribution in [3.8, 4) is 0 Å². The molecule has 1 heterocycles. The van der Waals surface area contributed by atoms with E-state index in [4.69, 9.17) is 5.11 Å². The summed E-state index contributed by atoms with van der Waals surface area (Å²) in [6, 6.07) is 14.3. The molecule has 0 aliphatic carbocycles. The van der Waals surface area contributed by atoms with Gasteiger partial charge in [0.05, 0.1) is 11.3 Å². The highest BCUT2D eigenvalue weighted by Crippen LogP contribution is 2.17. The number of para-hydroxylation sites is 1. The SMILES string of the molecule is O=C(CCc1ccc2ccncc2c1)Nc1ccccc1C(=O)O. The van der Waals surface area contributed by atoms with Gasteiger partial charge in [0.25, 0.3) is 0 Å². The van der Waals surface area contributed by atoms with Crippen LogP contribution in [0, 0.1) is 0 Å². The van der Waals surface area contributed by atoms with Gasteiger partial charge in [0, 0.05) is 24.2 Å². The van der Waals surface area contributed by atoms with Crippen LogP contribution in [-0.4, -0.2) is 22.0 Å². The van der Waals surface area contributed by atoms with Crippen LogP contribution < -0.4 is 5.32 Å². The highest BCUT2D eigenvalue weighted by molar-refractivity contribution is 6.00. The molecule has 2 N–H and O–H groups in total. The number of hydrogen-bond donors (Lipinski definition) is 2. The standard InChI is InChI=1S/C19H16N2O3/c22-18(21-17-4-2-1-3-16(17)19(23)24)8-6-13-5-7-14-9-10-20-12-15(14)11-13/h1-5,7,9-12H,6,8H2,(H,21,22)(H,23,24). The van der Waals surface area contributed by atoms with Gasteiger partial charge in [-0.3, -0.25) is 9.78 Å². The molecule has 0 aliphatic rings. The summed E-state index contributed by atoms with van der Waals surface area (Å²) in [5.41, 5.74) is 1.44. The highest BCUT2D eigenvalue weighted by Gasteiger charge is 2.11. The highest BCUT2D eigenvalue weighted by atomic mass is 16.4. The van der Waals surface area contributed by atoms with Crippen molar-refractivity contribution in [3.63, 3.8) is 0 Å². The van der Waals surface area contributed by atoms with Crippen molar-refractivity contribution in [2.24, 2.45) is 0 Å². The fourth-order valence-corrected chi connectivity index (χ4v) is 2.54. The Morgan fingerprint density at radius 1 is 1.04 bits per heavy atom. The van der Waals surface area contributed by atoms with E-state index in [2.05, 4.69) is 10.3 Å². The average molecular weight is 320 g/mol. The molecule has 1 amide bonds. The molecule has 0 saturated carbocycles. The van der Waals surface area contributed by atoms with Gasteiger partial charge in [-0.25, -0.2) is 4.79 Å². The van der Waals surface area contributed by atoms with Gasteiger partial charge in [0.15, 0.2) is 0 Å². The Labute approximate surface area is 139 Å². The van der Waals surface area contributed by atoms with Crippen LogP contribution in [0.5, 0.6) is 0 Å². The molecule has 1 aromatic heterocycles. The van der Waals surface area contributed by atoms with Crippen molar-refractivity contribution in [3.05, 3.63) is 72.1 Å². The molecular weight excluding hydrogens is 304 g/mol. The first-order valence-electron chi connectivity index (χ1n) is 7.58. The number of rotatable bonds is 5. The predicted octanol–water partition coefficient (Wildman–Crippen LogP) is 3.50. The summed E-state index contributed by atoms with van der Waals surface area (Å²) >= 11 is 0. The van der Waals surface area contributed by atoms with Gasteiger partial charge in [0.2, 0.25) is 5.91 Å². The number of amides is 1. The lowest BCUT2D eigenvalue weighted by molar-refractivity contribution is -0.116. The Bertz CT molecular complexity index is 906. The monoisotopic (exact) mass is 320 g/mol. The first-order valence-corrected chi connectivity index (χ1v) is 7.58. The third-order valence-electron chi connectivity index (χ3n) is 3.78. The maximum Gasteiger partial charge on any atom is 0.337 e. The van der Waals surface area contributed by atoms with E-state index < -0.39 is 5.97 Å². The van der Waals surface area contributed by atoms with E-state index in [9.17, 15) is 9.59 Å². The van der Waals surface area contributed by atoms with E-state index in [1.165, 1.54) is 6.07 Å². The molecule has 5 nitrogen and oxygen atoms in total. The number of nitrogens with one attached hydrogen (secondary N) is 1. The molecular formula is C19H16N2O3. The van der Waals surface area contributed by atoms with Crippen LogP contribution in [-0.2, 0) is 11.2 Å². The van der Waals surface area contributed by atoms with Crippen molar-refractivity contribution >= 4 is 28.3 Å². The van der Waals surface area contributed by atoms with Crippen LogP contribution in [0.1, 0.15) is 22.3 Å². The number of fused-ring (bicyclic) bond motifs is 1. The molecule has 0 radical (unpaired) electrons. The molecule has 0 bridgehead atoms. The van der Waals surface area contributed by atoms with Gasteiger partial charge in [-0.1, -0.05) is 24.3 Å². The summed E-state index contributed by atoms with van der Waals surface area (Å²) in [5.74, 6) is -1.28. The van der Waals surface area contributed by atoms with E-state index in [1.807, 2.05) is 24.3 Å². The molecule has 0 atom stereocenters. The van der Waals surface area contributed by atoms with Gasteiger partial charge in [-0.15, -0.1) is 0 Å². The fourth-order valence-electron chi connectivity index (χ4n) is 2.54.